The number of nitrogens with zero attached hydrogens (tertiary/aromatic N) is 4. The fourth-order valence-corrected chi connectivity index (χ4v) is 7.29. The predicted octanol–water partition coefficient (Wildman–Crippen LogP) is 2.55. The fraction of sp³-hybridized carbons (Fsp3) is 0.222. The minimum atomic E-state index is -4.48. The highest BCUT2D eigenvalue weighted by Gasteiger charge is 2.32. The second kappa shape index (κ2) is 7.75. The number of aliphatic imine (C=N–C) groups is 1. The minimum Gasteiger partial charge on any atom is -0.375 e. The number of benzene rings is 2. The van der Waals surface area contributed by atoms with Gasteiger partial charge in [-0.05, 0) is 24.1 Å². The first kappa shape index (κ1) is 21.5. The van der Waals surface area contributed by atoms with Crippen LogP contribution in [-0.2, 0) is 19.9 Å². The van der Waals surface area contributed by atoms with Crippen LogP contribution in [0.5, 0.6) is 0 Å². The van der Waals surface area contributed by atoms with Gasteiger partial charge < -0.3 is 5.73 Å². The van der Waals surface area contributed by atoms with Gasteiger partial charge in [0.05, 0.1) is 26.4 Å². The van der Waals surface area contributed by atoms with Crippen molar-refractivity contribution in [3.05, 3.63) is 35.9 Å². The SMILES string of the molecule is CCCS(=O)(=O)c1ccc(-c2cccc3nc(N)sc23)c(C2=NCN=N2)c1S(N)(=O)=O. The molecule has 1 aliphatic rings. The van der Waals surface area contributed by atoms with Crippen LogP contribution in [0.4, 0.5) is 5.13 Å². The molecule has 3 aromatic rings. The lowest BCUT2D eigenvalue weighted by molar-refractivity contribution is 0.582. The monoisotopic (exact) mass is 478 g/mol. The highest BCUT2D eigenvalue weighted by Crippen LogP contribution is 2.40. The number of aromatic nitrogens is 1. The average molecular weight is 479 g/mol. The Morgan fingerprint density at radius 3 is 2.52 bits per heavy atom. The lowest BCUT2D eigenvalue weighted by Crippen LogP contribution is -2.22. The van der Waals surface area contributed by atoms with Gasteiger partial charge in [-0.15, -0.1) is 5.11 Å². The number of rotatable bonds is 6. The van der Waals surface area contributed by atoms with E-state index in [1.807, 2.05) is 0 Å². The van der Waals surface area contributed by atoms with E-state index in [2.05, 4.69) is 20.2 Å². The molecule has 1 aromatic heterocycles. The number of nitrogen functional groups attached to an aromatic ring is 1. The van der Waals surface area contributed by atoms with E-state index < -0.39 is 24.8 Å². The maximum Gasteiger partial charge on any atom is 0.240 e. The van der Waals surface area contributed by atoms with Crippen LogP contribution in [0.15, 0.2) is 55.3 Å². The number of amidine groups is 1. The van der Waals surface area contributed by atoms with E-state index in [1.165, 1.54) is 23.5 Å². The van der Waals surface area contributed by atoms with Crippen LogP contribution < -0.4 is 10.9 Å². The third-order valence-electron chi connectivity index (χ3n) is 4.61. The van der Waals surface area contributed by atoms with Crippen LogP contribution in [0.1, 0.15) is 18.9 Å². The van der Waals surface area contributed by atoms with Gasteiger partial charge in [-0.25, -0.2) is 32.0 Å². The van der Waals surface area contributed by atoms with Gasteiger partial charge in [-0.2, -0.15) is 5.11 Å². The molecular weight excluding hydrogens is 460 g/mol. The molecule has 0 aliphatic carbocycles. The molecular formula is C18H18N6O4S3. The largest absolute Gasteiger partial charge is 0.375 e. The average Bonchev–Trinajstić information content (AvgIpc) is 3.34. The molecule has 2 heterocycles. The molecule has 0 saturated carbocycles. The summed E-state index contributed by atoms with van der Waals surface area (Å²) >= 11 is 1.23. The van der Waals surface area contributed by atoms with E-state index in [0.717, 1.165) is 0 Å². The Morgan fingerprint density at radius 1 is 1.10 bits per heavy atom. The van der Waals surface area contributed by atoms with Crippen LogP contribution in [0.2, 0.25) is 0 Å². The number of primary sulfonamides is 1. The first-order chi connectivity index (χ1) is 14.6. The summed E-state index contributed by atoms with van der Waals surface area (Å²) in [5.74, 6) is -0.231. The van der Waals surface area contributed by atoms with E-state index in [4.69, 9.17) is 10.9 Å². The molecule has 13 heteroatoms. The summed E-state index contributed by atoms with van der Waals surface area (Å²) < 4.78 is 51.9. The van der Waals surface area contributed by atoms with Crippen molar-refractivity contribution in [3.8, 4) is 11.1 Å². The zero-order chi connectivity index (χ0) is 22.4. The van der Waals surface area contributed by atoms with Crippen LogP contribution in [0.3, 0.4) is 0 Å². The van der Waals surface area contributed by atoms with Gasteiger partial charge in [0, 0.05) is 5.56 Å². The molecule has 4 N–H and O–H groups in total. The second-order valence-corrected chi connectivity index (χ2v) is 11.4. The van der Waals surface area contributed by atoms with Crippen molar-refractivity contribution in [1.82, 2.24) is 4.98 Å². The first-order valence-electron chi connectivity index (χ1n) is 9.13. The number of thiazole rings is 1. The van der Waals surface area contributed by atoms with Crippen LogP contribution in [0, 0.1) is 0 Å². The van der Waals surface area contributed by atoms with Gasteiger partial charge >= 0.3 is 0 Å². The fourth-order valence-electron chi connectivity index (χ4n) is 3.45. The molecule has 0 unspecified atom stereocenters. The zero-order valence-electron chi connectivity index (χ0n) is 16.3. The van der Waals surface area contributed by atoms with Crippen LogP contribution >= 0.6 is 11.3 Å². The van der Waals surface area contributed by atoms with Crippen molar-refractivity contribution in [1.29, 1.82) is 0 Å². The van der Waals surface area contributed by atoms with Crippen molar-refractivity contribution >= 4 is 52.4 Å². The molecule has 10 nitrogen and oxygen atoms in total. The van der Waals surface area contributed by atoms with Gasteiger partial charge in [0.1, 0.15) is 4.90 Å². The van der Waals surface area contributed by atoms with E-state index in [-0.39, 0.29) is 28.7 Å². The summed E-state index contributed by atoms with van der Waals surface area (Å²) in [6, 6.07) is 8.08. The van der Waals surface area contributed by atoms with Crippen LogP contribution in [-0.4, -0.2) is 40.1 Å². The van der Waals surface area contributed by atoms with Crippen LogP contribution in [0.25, 0.3) is 21.3 Å². The number of sulfonamides is 1. The van der Waals surface area contributed by atoms with Crippen molar-refractivity contribution in [2.24, 2.45) is 20.4 Å². The number of fused-ring (bicyclic) bond motifs is 1. The molecule has 31 heavy (non-hydrogen) atoms. The Labute approximate surface area is 182 Å². The molecule has 0 spiro atoms. The van der Waals surface area contributed by atoms with Gasteiger partial charge in [-0.1, -0.05) is 36.5 Å². The lowest BCUT2D eigenvalue weighted by Gasteiger charge is -2.17. The quantitative estimate of drug-likeness (QED) is 0.551. The normalized spacial score (nSPS) is 14.3. The van der Waals surface area contributed by atoms with E-state index >= 15 is 0 Å². The lowest BCUT2D eigenvalue weighted by atomic mass is 9.98. The molecule has 0 fully saturated rings. The number of nitrogens with two attached hydrogens (primary N) is 2. The molecule has 0 saturated heterocycles. The van der Waals surface area contributed by atoms with Crippen molar-refractivity contribution in [2.75, 3.05) is 18.2 Å². The number of hydrogen-bond donors (Lipinski definition) is 2. The van der Waals surface area contributed by atoms with Crippen molar-refractivity contribution in [2.45, 2.75) is 23.1 Å². The Balaban J connectivity index is 2.16. The molecule has 0 radical (unpaired) electrons. The smallest absolute Gasteiger partial charge is 0.240 e. The third-order valence-corrected chi connectivity index (χ3v) is 8.62. The Kier molecular flexibility index (Phi) is 5.37. The van der Waals surface area contributed by atoms with Gasteiger partial charge in [0.2, 0.25) is 10.0 Å². The predicted molar refractivity (Wildman–Crippen MR) is 119 cm³/mol. The van der Waals surface area contributed by atoms with E-state index in [1.54, 1.807) is 25.1 Å². The van der Waals surface area contributed by atoms with Gasteiger partial charge in [0.15, 0.2) is 27.5 Å². The first-order valence-corrected chi connectivity index (χ1v) is 13.1. The van der Waals surface area contributed by atoms with Gasteiger partial charge in [0.25, 0.3) is 0 Å². The Morgan fingerprint density at radius 2 is 1.87 bits per heavy atom. The minimum absolute atomic E-state index is 0.000370. The topological polar surface area (TPSA) is 170 Å². The molecule has 4 rings (SSSR count). The van der Waals surface area contributed by atoms with E-state index in [9.17, 15) is 16.8 Å². The zero-order valence-corrected chi connectivity index (χ0v) is 18.8. The number of sulfone groups is 1. The number of azo groups is 1. The summed E-state index contributed by atoms with van der Waals surface area (Å²) in [6.45, 7) is 1.69. The number of hydrogen-bond acceptors (Lipinski definition) is 10. The van der Waals surface area contributed by atoms with Crippen molar-refractivity contribution < 1.29 is 16.8 Å². The number of anilines is 1. The summed E-state index contributed by atoms with van der Waals surface area (Å²) in [5.41, 5.74) is 7.50. The molecule has 0 amide bonds. The van der Waals surface area contributed by atoms with Gasteiger partial charge in [-0.3, -0.25) is 0 Å². The molecule has 0 bridgehead atoms. The molecule has 2 aromatic carbocycles. The summed E-state index contributed by atoms with van der Waals surface area (Å²) in [6.07, 6.45) is 0.309. The van der Waals surface area contributed by atoms with E-state index in [0.29, 0.717) is 32.9 Å². The Hall–Kier alpha value is -2.74. The van der Waals surface area contributed by atoms with Crippen molar-refractivity contribution in [3.63, 3.8) is 0 Å². The highest BCUT2D eigenvalue weighted by molar-refractivity contribution is 7.93. The summed E-state index contributed by atoms with van der Waals surface area (Å²) in [5, 5.41) is 13.6. The third kappa shape index (κ3) is 3.84. The molecule has 162 valence electrons. The maximum atomic E-state index is 12.9. The second-order valence-electron chi connectivity index (χ2n) is 6.75. The highest BCUT2D eigenvalue weighted by atomic mass is 32.2. The summed E-state index contributed by atoms with van der Waals surface area (Å²) in [7, 11) is -8.41. The molecule has 1 aliphatic heterocycles. The summed E-state index contributed by atoms with van der Waals surface area (Å²) in [4.78, 5) is 7.50. The Bertz CT molecular complexity index is 1470. The standard InChI is InChI=1S/C18H18N6O4S3/c1-2-8-30(25,26)13-7-6-10(11-4-3-5-12-15(11)29-18(19)23-12)14(16(13)31(20,27)28)17-21-9-22-24-17/h3-7H,2,8-9H2,1H3,(H2,19,23)(H2,20,27,28). The maximum absolute atomic E-state index is 12.9. The molecule has 0 atom stereocenters.